The molecule has 25 heavy (non-hydrogen) atoms. The van der Waals surface area contributed by atoms with Crippen LogP contribution in [0.25, 0.3) is 15.9 Å². The predicted octanol–water partition coefficient (Wildman–Crippen LogP) is 2.94. The topological polar surface area (TPSA) is 55.4 Å². The molecule has 1 aliphatic rings. The molecule has 0 atom stereocenters. The van der Waals surface area contributed by atoms with Crippen LogP contribution in [0, 0.1) is 13.8 Å². The van der Waals surface area contributed by atoms with Gasteiger partial charge in [0.25, 0.3) is 0 Å². The first-order chi connectivity index (χ1) is 12.0. The molecule has 4 rings (SSSR count). The maximum Gasteiger partial charge on any atom is 0.351 e. The Labute approximate surface area is 151 Å². The van der Waals surface area contributed by atoms with Crippen LogP contribution < -0.4 is 5.69 Å². The summed E-state index contributed by atoms with van der Waals surface area (Å²) in [7, 11) is 0. The molecule has 3 aromatic heterocycles. The van der Waals surface area contributed by atoms with Crippen molar-refractivity contribution in [2.24, 2.45) is 0 Å². The molecule has 1 fully saturated rings. The second kappa shape index (κ2) is 6.21. The monoisotopic (exact) mass is 359 g/mol. The molecule has 0 amide bonds. The lowest BCUT2D eigenvalue weighted by Crippen LogP contribution is -2.30. The summed E-state index contributed by atoms with van der Waals surface area (Å²) in [6.45, 7) is 12.2. The summed E-state index contributed by atoms with van der Waals surface area (Å²) in [5.41, 5.74) is 1.89. The van der Waals surface area contributed by atoms with Gasteiger partial charge in [-0.25, -0.2) is 18.9 Å². The lowest BCUT2D eigenvalue weighted by Gasteiger charge is -2.13. The van der Waals surface area contributed by atoms with E-state index in [9.17, 15) is 4.79 Å². The third kappa shape index (κ3) is 2.69. The third-order valence-corrected chi connectivity index (χ3v) is 6.32. The zero-order valence-corrected chi connectivity index (χ0v) is 16.2. The Hall–Kier alpha value is -1.73. The average molecular weight is 359 g/mol. The molecule has 4 heterocycles. The van der Waals surface area contributed by atoms with Crippen molar-refractivity contribution in [3.63, 3.8) is 0 Å². The first-order valence-electron chi connectivity index (χ1n) is 9.09. The fraction of sp³-hybridized carbons (Fsp3) is 0.611. The summed E-state index contributed by atoms with van der Waals surface area (Å²) in [5.74, 6) is 0.977. The number of hydrogen-bond acceptors (Lipinski definition) is 5. The standard InChI is InChI=1S/C18H25N5OS/c1-11(2)15-19-17-14(12(3)13(4)25-17)16-20-22(18(24)23(15)16)10-9-21-7-5-6-8-21/h11H,5-10H2,1-4H3. The van der Waals surface area contributed by atoms with E-state index in [1.165, 1.54) is 23.3 Å². The van der Waals surface area contributed by atoms with Crippen LogP contribution in [0.15, 0.2) is 4.79 Å². The SMILES string of the molecule is Cc1sc2nc(C(C)C)n3c(=O)n(CCN4CCCC4)nc3c2c1C. The Bertz CT molecular complexity index is 991. The van der Waals surface area contributed by atoms with Gasteiger partial charge in [0.2, 0.25) is 0 Å². The van der Waals surface area contributed by atoms with E-state index in [-0.39, 0.29) is 11.6 Å². The van der Waals surface area contributed by atoms with Gasteiger partial charge in [-0.1, -0.05) is 13.8 Å². The Morgan fingerprint density at radius 1 is 1.16 bits per heavy atom. The Morgan fingerprint density at radius 3 is 2.56 bits per heavy atom. The van der Waals surface area contributed by atoms with Gasteiger partial charge in [-0.2, -0.15) is 0 Å². The zero-order valence-electron chi connectivity index (χ0n) is 15.4. The predicted molar refractivity (Wildman–Crippen MR) is 102 cm³/mol. The second-order valence-corrected chi connectivity index (χ2v) is 8.50. The summed E-state index contributed by atoms with van der Waals surface area (Å²) in [5, 5.41) is 5.76. The van der Waals surface area contributed by atoms with Gasteiger partial charge in [-0.3, -0.25) is 0 Å². The van der Waals surface area contributed by atoms with Gasteiger partial charge in [0.05, 0.1) is 11.9 Å². The minimum atomic E-state index is -0.0597. The van der Waals surface area contributed by atoms with Crippen LogP contribution in [-0.4, -0.2) is 43.7 Å². The van der Waals surface area contributed by atoms with Crippen LogP contribution in [-0.2, 0) is 6.54 Å². The second-order valence-electron chi connectivity index (χ2n) is 7.30. The Morgan fingerprint density at radius 2 is 1.88 bits per heavy atom. The molecule has 0 N–H and O–H groups in total. The lowest BCUT2D eigenvalue weighted by molar-refractivity contribution is 0.313. The highest BCUT2D eigenvalue weighted by Crippen LogP contribution is 2.32. The largest absolute Gasteiger partial charge is 0.351 e. The van der Waals surface area contributed by atoms with Crippen LogP contribution in [0.4, 0.5) is 0 Å². The van der Waals surface area contributed by atoms with E-state index < -0.39 is 0 Å². The van der Waals surface area contributed by atoms with Gasteiger partial charge in [0.15, 0.2) is 5.65 Å². The first kappa shape index (κ1) is 16.7. The molecule has 0 saturated carbocycles. The highest BCUT2D eigenvalue weighted by atomic mass is 32.1. The number of rotatable bonds is 4. The third-order valence-electron chi connectivity index (χ3n) is 5.22. The van der Waals surface area contributed by atoms with Crippen LogP contribution >= 0.6 is 11.3 Å². The quantitative estimate of drug-likeness (QED) is 0.719. The van der Waals surface area contributed by atoms with Crippen molar-refractivity contribution in [2.75, 3.05) is 19.6 Å². The lowest BCUT2D eigenvalue weighted by atomic mass is 10.2. The van der Waals surface area contributed by atoms with Crippen molar-refractivity contribution in [1.29, 1.82) is 0 Å². The number of fused-ring (bicyclic) bond motifs is 3. The summed E-state index contributed by atoms with van der Waals surface area (Å²) in [4.78, 5) is 22.5. The van der Waals surface area contributed by atoms with Gasteiger partial charge >= 0.3 is 5.69 Å². The van der Waals surface area contributed by atoms with E-state index in [0.717, 1.165) is 41.3 Å². The van der Waals surface area contributed by atoms with E-state index in [0.29, 0.717) is 6.54 Å². The summed E-state index contributed by atoms with van der Waals surface area (Å²) in [6, 6.07) is 0. The highest BCUT2D eigenvalue weighted by Gasteiger charge is 2.21. The smallest absolute Gasteiger partial charge is 0.301 e. The number of likely N-dealkylation sites (tertiary alicyclic amines) is 1. The molecule has 0 radical (unpaired) electrons. The maximum atomic E-state index is 13.0. The maximum absolute atomic E-state index is 13.0. The molecule has 0 aromatic carbocycles. The van der Waals surface area contributed by atoms with E-state index >= 15 is 0 Å². The van der Waals surface area contributed by atoms with Crippen molar-refractivity contribution in [3.8, 4) is 0 Å². The zero-order chi connectivity index (χ0) is 17.7. The summed E-state index contributed by atoms with van der Waals surface area (Å²) >= 11 is 1.69. The van der Waals surface area contributed by atoms with Crippen molar-refractivity contribution in [3.05, 3.63) is 26.7 Å². The molecule has 134 valence electrons. The normalized spacial score (nSPS) is 16.0. The average Bonchev–Trinajstić information content (AvgIpc) is 3.25. The fourth-order valence-corrected chi connectivity index (χ4v) is 4.69. The first-order valence-corrected chi connectivity index (χ1v) is 9.90. The molecule has 0 bridgehead atoms. The van der Waals surface area contributed by atoms with E-state index in [4.69, 9.17) is 10.1 Å². The Kier molecular flexibility index (Phi) is 4.16. The van der Waals surface area contributed by atoms with E-state index in [1.807, 2.05) is 0 Å². The summed E-state index contributed by atoms with van der Waals surface area (Å²) < 4.78 is 3.36. The minimum absolute atomic E-state index is 0.0597. The molecule has 0 aliphatic carbocycles. The van der Waals surface area contributed by atoms with Gasteiger partial charge in [-0.05, 0) is 45.3 Å². The molecule has 3 aromatic rings. The van der Waals surface area contributed by atoms with Crippen LogP contribution in [0.5, 0.6) is 0 Å². The van der Waals surface area contributed by atoms with Gasteiger partial charge in [-0.15, -0.1) is 16.4 Å². The number of aryl methyl sites for hydroxylation is 2. The van der Waals surface area contributed by atoms with Crippen LogP contribution in [0.2, 0.25) is 0 Å². The highest BCUT2D eigenvalue weighted by molar-refractivity contribution is 7.18. The number of aromatic nitrogens is 4. The number of hydrogen-bond donors (Lipinski definition) is 0. The molecular weight excluding hydrogens is 334 g/mol. The van der Waals surface area contributed by atoms with Gasteiger partial charge in [0, 0.05) is 17.3 Å². The minimum Gasteiger partial charge on any atom is -0.301 e. The molecule has 7 heteroatoms. The van der Waals surface area contributed by atoms with Crippen molar-refractivity contribution >= 4 is 27.2 Å². The molecule has 0 spiro atoms. The molecular formula is C18H25N5OS. The van der Waals surface area contributed by atoms with Crippen LogP contribution in [0.1, 0.15) is 48.9 Å². The Balaban J connectivity index is 1.88. The van der Waals surface area contributed by atoms with Crippen LogP contribution in [0.3, 0.4) is 0 Å². The molecule has 6 nitrogen and oxygen atoms in total. The van der Waals surface area contributed by atoms with Crippen molar-refractivity contribution < 1.29 is 0 Å². The van der Waals surface area contributed by atoms with Gasteiger partial charge < -0.3 is 4.90 Å². The van der Waals surface area contributed by atoms with E-state index in [1.54, 1.807) is 20.4 Å². The van der Waals surface area contributed by atoms with Crippen molar-refractivity contribution in [1.82, 2.24) is 24.1 Å². The van der Waals surface area contributed by atoms with Gasteiger partial charge in [0.1, 0.15) is 10.7 Å². The fourth-order valence-electron chi connectivity index (χ4n) is 3.66. The molecule has 1 saturated heterocycles. The molecule has 1 aliphatic heterocycles. The number of nitrogens with zero attached hydrogens (tertiary/aromatic N) is 5. The van der Waals surface area contributed by atoms with E-state index in [2.05, 4.69) is 32.6 Å². The molecule has 0 unspecified atom stereocenters. The van der Waals surface area contributed by atoms with Crippen molar-refractivity contribution in [2.45, 2.75) is 53.0 Å². The number of thiophene rings is 1. The summed E-state index contributed by atoms with van der Waals surface area (Å²) in [6.07, 6.45) is 2.52.